The molecule has 0 heterocycles. The maximum atomic E-state index is 12.2. The summed E-state index contributed by atoms with van der Waals surface area (Å²) < 4.78 is 5.43. The third kappa shape index (κ3) is 3.67. The summed E-state index contributed by atoms with van der Waals surface area (Å²) in [7, 11) is 1.71. The molecular formula is C15H26N2O4. The lowest BCUT2D eigenvalue weighted by Gasteiger charge is -2.30. The number of hydrogen-bond donors (Lipinski definition) is 2. The van der Waals surface area contributed by atoms with Gasteiger partial charge in [0.25, 0.3) is 0 Å². The van der Waals surface area contributed by atoms with Crippen LogP contribution in [0.1, 0.15) is 33.1 Å². The number of aliphatic carboxylic acids is 1. The maximum Gasteiger partial charge on any atom is 0.317 e. The molecule has 0 aromatic carbocycles. The molecule has 4 unspecified atom stereocenters. The van der Waals surface area contributed by atoms with Crippen molar-refractivity contribution in [2.24, 2.45) is 17.8 Å². The van der Waals surface area contributed by atoms with Gasteiger partial charge >= 0.3 is 12.0 Å². The van der Waals surface area contributed by atoms with Gasteiger partial charge in [-0.3, -0.25) is 4.79 Å². The number of carbonyl (C=O) groups is 2. The fourth-order valence-electron chi connectivity index (χ4n) is 3.63. The van der Waals surface area contributed by atoms with Crippen LogP contribution in [-0.4, -0.2) is 54.4 Å². The van der Waals surface area contributed by atoms with Crippen LogP contribution in [-0.2, 0) is 9.53 Å². The summed E-state index contributed by atoms with van der Waals surface area (Å²) in [5.74, 6) is -0.654. The molecule has 6 heteroatoms. The van der Waals surface area contributed by atoms with Crippen molar-refractivity contribution in [3.8, 4) is 0 Å². The van der Waals surface area contributed by atoms with Crippen LogP contribution >= 0.6 is 0 Å². The van der Waals surface area contributed by atoms with Gasteiger partial charge < -0.3 is 20.1 Å². The van der Waals surface area contributed by atoms with Crippen LogP contribution < -0.4 is 5.32 Å². The summed E-state index contributed by atoms with van der Waals surface area (Å²) in [5.41, 5.74) is 0. The number of carboxylic acids is 1. The molecule has 2 saturated carbocycles. The van der Waals surface area contributed by atoms with Gasteiger partial charge in [-0.15, -0.1) is 0 Å². The fourth-order valence-corrected chi connectivity index (χ4v) is 3.63. The Hall–Kier alpha value is -1.30. The largest absolute Gasteiger partial charge is 0.481 e. The summed E-state index contributed by atoms with van der Waals surface area (Å²) in [6, 6.07) is -0.423. The third-order valence-electron chi connectivity index (χ3n) is 4.72. The summed E-state index contributed by atoms with van der Waals surface area (Å²) in [4.78, 5) is 25.2. The highest BCUT2D eigenvalue weighted by Crippen LogP contribution is 2.48. The van der Waals surface area contributed by atoms with Gasteiger partial charge in [0, 0.05) is 19.6 Å². The number of urea groups is 1. The first kappa shape index (κ1) is 16.1. The predicted molar refractivity (Wildman–Crippen MR) is 78.0 cm³/mol. The Bertz CT molecular complexity index is 399. The number of rotatable bonds is 6. The number of carbonyl (C=O) groups excluding carboxylic acids is 1. The first-order valence-electron chi connectivity index (χ1n) is 7.76. The normalized spacial score (nSPS) is 30.7. The predicted octanol–water partition coefficient (Wildman–Crippen LogP) is 1.55. The quantitative estimate of drug-likeness (QED) is 0.780. The second kappa shape index (κ2) is 6.64. The van der Waals surface area contributed by atoms with Gasteiger partial charge in [-0.2, -0.15) is 0 Å². The molecule has 21 heavy (non-hydrogen) atoms. The minimum Gasteiger partial charge on any atom is -0.481 e. The summed E-state index contributed by atoms with van der Waals surface area (Å²) in [6.45, 7) is 4.89. The average molecular weight is 298 g/mol. The molecule has 0 spiro atoms. The molecule has 0 aliphatic heterocycles. The Morgan fingerprint density at radius 3 is 2.62 bits per heavy atom. The number of amides is 2. The van der Waals surface area contributed by atoms with Gasteiger partial charge in [-0.05, 0) is 44.9 Å². The minimum absolute atomic E-state index is 0.142. The van der Waals surface area contributed by atoms with Crippen molar-refractivity contribution in [2.45, 2.75) is 45.3 Å². The molecule has 0 aromatic heterocycles. The Balaban J connectivity index is 1.85. The maximum absolute atomic E-state index is 12.2. The Morgan fingerprint density at radius 2 is 2.00 bits per heavy atom. The molecule has 0 radical (unpaired) electrons. The zero-order valence-electron chi connectivity index (χ0n) is 13.0. The Morgan fingerprint density at radius 1 is 1.33 bits per heavy atom. The minimum atomic E-state index is -0.779. The number of hydrogen-bond acceptors (Lipinski definition) is 3. The van der Waals surface area contributed by atoms with E-state index in [-0.39, 0.29) is 24.1 Å². The zero-order chi connectivity index (χ0) is 15.6. The number of likely N-dealkylation sites (N-methyl/N-ethyl adjacent to an activating group) is 1. The van der Waals surface area contributed by atoms with Gasteiger partial charge in [0.15, 0.2) is 0 Å². The SMILES string of the molecule is CC(C)OCCN(C)C(=O)NC1C2CCC(C2)C1C(=O)O. The summed E-state index contributed by atoms with van der Waals surface area (Å²) >= 11 is 0. The fraction of sp³-hybridized carbons (Fsp3) is 0.867. The number of carboxylic acid groups (broad SMARTS) is 1. The van der Waals surface area contributed by atoms with Crippen LogP contribution in [0.4, 0.5) is 4.79 Å². The highest BCUT2D eigenvalue weighted by Gasteiger charge is 2.51. The summed E-state index contributed by atoms with van der Waals surface area (Å²) in [6.07, 6.45) is 3.08. The first-order chi connectivity index (χ1) is 9.90. The van der Waals surface area contributed by atoms with E-state index in [1.54, 1.807) is 11.9 Å². The van der Waals surface area contributed by atoms with Crippen molar-refractivity contribution in [2.75, 3.05) is 20.2 Å². The Labute approximate surface area is 125 Å². The molecule has 2 bridgehead atoms. The van der Waals surface area contributed by atoms with Crippen molar-refractivity contribution >= 4 is 12.0 Å². The molecule has 2 amide bonds. The van der Waals surface area contributed by atoms with Crippen molar-refractivity contribution in [3.05, 3.63) is 0 Å². The Kier molecular flexibility index (Phi) is 5.08. The van der Waals surface area contributed by atoms with E-state index in [0.717, 1.165) is 19.3 Å². The second-order valence-corrected chi connectivity index (χ2v) is 6.51. The van der Waals surface area contributed by atoms with Crippen molar-refractivity contribution in [1.29, 1.82) is 0 Å². The lowest BCUT2D eigenvalue weighted by molar-refractivity contribution is -0.144. The van der Waals surface area contributed by atoms with Crippen molar-refractivity contribution in [3.63, 3.8) is 0 Å². The van der Waals surface area contributed by atoms with Crippen molar-refractivity contribution in [1.82, 2.24) is 10.2 Å². The van der Waals surface area contributed by atoms with Crippen LogP contribution in [0.25, 0.3) is 0 Å². The standard InChI is InChI=1S/C15H26N2O4/c1-9(2)21-7-6-17(3)15(20)16-13-11-5-4-10(8-11)12(13)14(18)19/h9-13H,4-8H2,1-3H3,(H,16,20)(H,18,19). The lowest BCUT2D eigenvalue weighted by atomic mass is 9.84. The molecule has 2 aliphatic carbocycles. The van der Waals surface area contributed by atoms with Crippen LogP contribution in [0.2, 0.25) is 0 Å². The second-order valence-electron chi connectivity index (χ2n) is 6.51. The van der Waals surface area contributed by atoms with Crippen molar-refractivity contribution < 1.29 is 19.4 Å². The van der Waals surface area contributed by atoms with E-state index in [1.807, 2.05) is 13.8 Å². The molecule has 2 rings (SSSR count). The smallest absolute Gasteiger partial charge is 0.317 e. The van der Waals surface area contributed by atoms with Gasteiger partial charge in [-0.25, -0.2) is 4.79 Å². The topological polar surface area (TPSA) is 78.9 Å². The van der Waals surface area contributed by atoms with Crippen LogP contribution in [0.15, 0.2) is 0 Å². The van der Waals surface area contributed by atoms with Gasteiger partial charge in [0.2, 0.25) is 0 Å². The number of fused-ring (bicyclic) bond motifs is 2. The molecule has 2 N–H and O–H groups in total. The van der Waals surface area contributed by atoms with E-state index in [2.05, 4.69) is 5.32 Å². The highest BCUT2D eigenvalue weighted by atomic mass is 16.5. The lowest BCUT2D eigenvalue weighted by Crippen LogP contribution is -2.51. The molecule has 4 atom stereocenters. The molecule has 0 aromatic rings. The van der Waals surface area contributed by atoms with Gasteiger partial charge in [-0.1, -0.05) is 0 Å². The molecular weight excluding hydrogens is 272 g/mol. The van der Waals surface area contributed by atoms with Crippen LogP contribution in [0.5, 0.6) is 0 Å². The van der Waals surface area contributed by atoms with Gasteiger partial charge in [0.1, 0.15) is 0 Å². The average Bonchev–Trinajstić information content (AvgIpc) is 2.98. The van der Waals surface area contributed by atoms with E-state index >= 15 is 0 Å². The van der Waals surface area contributed by atoms with E-state index in [1.165, 1.54) is 0 Å². The van der Waals surface area contributed by atoms with Crippen LogP contribution in [0.3, 0.4) is 0 Å². The summed E-state index contributed by atoms with van der Waals surface area (Å²) in [5, 5.41) is 12.3. The highest BCUT2D eigenvalue weighted by molar-refractivity contribution is 5.77. The molecule has 2 fully saturated rings. The first-order valence-corrected chi connectivity index (χ1v) is 7.76. The monoisotopic (exact) mass is 298 g/mol. The zero-order valence-corrected chi connectivity index (χ0v) is 13.0. The van der Waals surface area contributed by atoms with E-state index in [9.17, 15) is 14.7 Å². The third-order valence-corrected chi connectivity index (χ3v) is 4.72. The molecule has 120 valence electrons. The number of ether oxygens (including phenoxy) is 1. The van der Waals surface area contributed by atoms with Gasteiger partial charge in [0.05, 0.1) is 18.6 Å². The molecule has 6 nitrogen and oxygen atoms in total. The number of nitrogens with one attached hydrogen (secondary N) is 1. The molecule has 0 saturated heterocycles. The molecule has 2 aliphatic rings. The van der Waals surface area contributed by atoms with Crippen LogP contribution in [0, 0.1) is 17.8 Å². The van der Waals surface area contributed by atoms with E-state index in [4.69, 9.17) is 4.74 Å². The number of nitrogens with zero attached hydrogens (tertiary/aromatic N) is 1. The van der Waals surface area contributed by atoms with E-state index < -0.39 is 11.9 Å². The van der Waals surface area contributed by atoms with E-state index in [0.29, 0.717) is 19.1 Å².